The van der Waals surface area contributed by atoms with Crippen molar-refractivity contribution in [2.45, 2.75) is 38.6 Å². The van der Waals surface area contributed by atoms with Gasteiger partial charge in [-0.05, 0) is 91.0 Å². The van der Waals surface area contributed by atoms with E-state index in [2.05, 4.69) is 16.3 Å². The second-order valence-corrected chi connectivity index (χ2v) is 9.91. The predicted octanol–water partition coefficient (Wildman–Crippen LogP) is 6.58. The van der Waals surface area contributed by atoms with Crippen LogP contribution in [0.15, 0.2) is 60.7 Å². The Kier molecular flexibility index (Phi) is 8.35. The van der Waals surface area contributed by atoms with Crippen molar-refractivity contribution in [2.75, 3.05) is 30.4 Å². The minimum absolute atomic E-state index is 0. The molecule has 2 aliphatic heterocycles. The number of amides is 2. The van der Waals surface area contributed by atoms with Gasteiger partial charge in [0.25, 0.3) is 5.91 Å². The van der Waals surface area contributed by atoms with Crippen LogP contribution in [0.3, 0.4) is 0 Å². The van der Waals surface area contributed by atoms with E-state index in [-0.39, 0.29) is 24.2 Å². The number of halogens is 2. The van der Waals surface area contributed by atoms with Crippen LogP contribution in [0.1, 0.15) is 47.2 Å². The summed E-state index contributed by atoms with van der Waals surface area (Å²) < 4.78 is 0. The van der Waals surface area contributed by atoms with Crippen LogP contribution in [-0.2, 0) is 17.8 Å². The molecule has 2 amide bonds. The molecular formula is C29H31Cl2N3O2. The second-order valence-electron chi connectivity index (χ2n) is 9.47. The first kappa shape index (κ1) is 26.2. The van der Waals surface area contributed by atoms with E-state index in [0.717, 1.165) is 54.0 Å². The number of likely N-dealkylation sites (tertiary alicyclic amines) is 1. The van der Waals surface area contributed by atoms with E-state index in [1.807, 2.05) is 54.6 Å². The molecule has 0 aliphatic carbocycles. The maximum atomic E-state index is 13.2. The van der Waals surface area contributed by atoms with Gasteiger partial charge in [-0.2, -0.15) is 0 Å². The van der Waals surface area contributed by atoms with Crippen LogP contribution < -0.4 is 10.2 Å². The summed E-state index contributed by atoms with van der Waals surface area (Å²) in [7, 11) is 1.79. The zero-order valence-corrected chi connectivity index (χ0v) is 22.0. The van der Waals surface area contributed by atoms with Crippen molar-refractivity contribution in [3.05, 3.63) is 82.4 Å². The number of hydrogen-bond acceptors (Lipinski definition) is 3. The summed E-state index contributed by atoms with van der Waals surface area (Å²) in [4.78, 5) is 29.5. The Hall–Kier alpha value is -2.86. The van der Waals surface area contributed by atoms with Crippen molar-refractivity contribution >= 4 is 47.2 Å². The topological polar surface area (TPSA) is 52.7 Å². The standard InChI is InChI=1S/C29H30ClN3O2.ClH/c1-32-27-18-25(11-8-20(27)10-13-28(32)34)31-29(35)22-9-12-26(21-6-5-7-24(30)17-21)23(16-22)19-33-14-3-2-4-15-33;/h5-9,11-12,16-18H,2-4,10,13-15,19H2,1H3,(H,31,35);1H. The lowest BCUT2D eigenvalue weighted by Crippen LogP contribution is -2.31. The first-order chi connectivity index (χ1) is 17.0. The van der Waals surface area contributed by atoms with Gasteiger partial charge in [-0.25, -0.2) is 0 Å². The van der Waals surface area contributed by atoms with Gasteiger partial charge in [0.2, 0.25) is 5.91 Å². The minimum atomic E-state index is -0.160. The molecule has 0 atom stereocenters. The molecule has 5 nitrogen and oxygen atoms in total. The third-order valence-corrected chi connectivity index (χ3v) is 7.27. The fourth-order valence-corrected chi connectivity index (χ4v) is 5.26. The molecule has 1 fully saturated rings. The van der Waals surface area contributed by atoms with Gasteiger partial charge >= 0.3 is 0 Å². The van der Waals surface area contributed by atoms with Crippen molar-refractivity contribution in [1.29, 1.82) is 0 Å². The lowest BCUT2D eigenvalue weighted by molar-refractivity contribution is -0.118. The number of rotatable bonds is 5. The number of benzene rings is 3. The maximum absolute atomic E-state index is 13.2. The van der Waals surface area contributed by atoms with Crippen LogP contribution >= 0.6 is 24.0 Å². The number of nitrogens with zero attached hydrogens (tertiary/aromatic N) is 2. The number of aryl methyl sites for hydroxylation is 1. The Labute approximate surface area is 223 Å². The SMILES string of the molecule is CN1C(=O)CCc2ccc(NC(=O)c3ccc(-c4cccc(Cl)c4)c(CN4CCCCC4)c3)cc21.Cl. The molecular weight excluding hydrogens is 493 g/mol. The Balaban J connectivity index is 0.00000304. The molecule has 3 aromatic rings. The molecule has 0 unspecified atom stereocenters. The van der Waals surface area contributed by atoms with Crippen molar-refractivity contribution < 1.29 is 9.59 Å². The second kappa shape index (κ2) is 11.5. The predicted molar refractivity (Wildman–Crippen MR) is 149 cm³/mol. The number of fused-ring (bicyclic) bond motifs is 1. The van der Waals surface area contributed by atoms with E-state index in [4.69, 9.17) is 11.6 Å². The average molecular weight is 524 g/mol. The highest BCUT2D eigenvalue weighted by Crippen LogP contribution is 2.31. The number of carbonyl (C=O) groups is 2. The van der Waals surface area contributed by atoms with Gasteiger partial charge in [0, 0.05) is 42.0 Å². The number of piperidine rings is 1. The van der Waals surface area contributed by atoms with Gasteiger partial charge in [-0.15, -0.1) is 12.4 Å². The zero-order valence-electron chi connectivity index (χ0n) is 20.4. The Morgan fingerprint density at radius 2 is 1.78 bits per heavy atom. The summed E-state index contributed by atoms with van der Waals surface area (Å²) in [5, 5.41) is 3.73. The maximum Gasteiger partial charge on any atom is 0.255 e. The summed E-state index contributed by atoms with van der Waals surface area (Å²) in [6, 6.07) is 19.6. The Morgan fingerprint density at radius 1 is 0.972 bits per heavy atom. The molecule has 36 heavy (non-hydrogen) atoms. The zero-order chi connectivity index (χ0) is 24.4. The van der Waals surface area contributed by atoms with Crippen molar-refractivity contribution in [1.82, 2.24) is 4.90 Å². The molecule has 0 saturated carbocycles. The van der Waals surface area contributed by atoms with E-state index in [0.29, 0.717) is 22.7 Å². The number of nitrogens with one attached hydrogen (secondary N) is 1. The first-order valence-corrected chi connectivity index (χ1v) is 12.7. The highest BCUT2D eigenvalue weighted by molar-refractivity contribution is 6.30. The highest BCUT2D eigenvalue weighted by Gasteiger charge is 2.22. The number of anilines is 2. The molecule has 0 aromatic heterocycles. The van der Waals surface area contributed by atoms with E-state index < -0.39 is 0 Å². The lowest BCUT2D eigenvalue weighted by atomic mass is 9.96. The number of hydrogen-bond donors (Lipinski definition) is 1. The molecule has 1 saturated heterocycles. The van der Waals surface area contributed by atoms with Crippen LogP contribution in [0.5, 0.6) is 0 Å². The lowest BCUT2D eigenvalue weighted by Gasteiger charge is -2.27. The number of carbonyl (C=O) groups excluding carboxylic acids is 2. The van der Waals surface area contributed by atoms with Crippen LogP contribution in [0.4, 0.5) is 11.4 Å². The van der Waals surface area contributed by atoms with E-state index in [9.17, 15) is 9.59 Å². The van der Waals surface area contributed by atoms with Crippen molar-refractivity contribution in [2.24, 2.45) is 0 Å². The molecule has 0 radical (unpaired) electrons. The van der Waals surface area contributed by atoms with Gasteiger partial charge in [0.05, 0.1) is 0 Å². The quantitative estimate of drug-likeness (QED) is 0.411. The van der Waals surface area contributed by atoms with Crippen LogP contribution in [0, 0.1) is 0 Å². The summed E-state index contributed by atoms with van der Waals surface area (Å²) in [5.41, 5.74) is 6.57. The third kappa shape index (κ3) is 5.75. The van der Waals surface area contributed by atoms with E-state index >= 15 is 0 Å². The van der Waals surface area contributed by atoms with Gasteiger partial charge in [0.15, 0.2) is 0 Å². The highest BCUT2D eigenvalue weighted by atomic mass is 35.5. The molecule has 7 heteroatoms. The van der Waals surface area contributed by atoms with Gasteiger partial charge in [0.1, 0.15) is 0 Å². The Morgan fingerprint density at radius 3 is 2.56 bits per heavy atom. The van der Waals surface area contributed by atoms with Gasteiger partial charge in [-0.3, -0.25) is 14.5 Å². The van der Waals surface area contributed by atoms with Crippen molar-refractivity contribution in [3.8, 4) is 11.1 Å². The first-order valence-electron chi connectivity index (χ1n) is 12.3. The molecule has 2 aliphatic rings. The normalized spacial score (nSPS) is 15.7. The van der Waals surface area contributed by atoms with Crippen LogP contribution in [-0.4, -0.2) is 36.9 Å². The summed E-state index contributed by atoms with van der Waals surface area (Å²) in [6.07, 6.45) is 4.96. The molecule has 0 spiro atoms. The van der Waals surface area contributed by atoms with Gasteiger partial charge < -0.3 is 10.2 Å². The monoisotopic (exact) mass is 523 g/mol. The van der Waals surface area contributed by atoms with Crippen LogP contribution in [0.25, 0.3) is 11.1 Å². The third-order valence-electron chi connectivity index (χ3n) is 7.03. The summed E-state index contributed by atoms with van der Waals surface area (Å²) in [6.45, 7) is 2.95. The fraction of sp³-hybridized carbons (Fsp3) is 0.310. The Bertz CT molecular complexity index is 1270. The molecule has 1 N–H and O–H groups in total. The molecule has 2 heterocycles. The summed E-state index contributed by atoms with van der Waals surface area (Å²) >= 11 is 6.28. The van der Waals surface area contributed by atoms with Crippen LogP contribution in [0.2, 0.25) is 5.02 Å². The summed E-state index contributed by atoms with van der Waals surface area (Å²) in [5.74, 6) is -0.0628. The van der Waals surface area contributed by atoms with E-state index in [1.165, 1.54) is 19.3 Å². The fourth-order valence-electron chi connectivity index (χ4n) is 5.07. The average Bonchev–Trinajstić information content (AvgIpc) is 2.87. The smallest absolute Gasteiger partial charge is 0.255 e. The molecule has 5 rings (SSSR count). The minimum Gasteiger partial charge on any atom is -0.322 e. The largest absolute Gasteiger partial charge is 0.322 e. The van der Waals surface area contributed by atoms with Gasteiger partial charge in [-0.1, -0.05) is 42.3 Å². The molecule has 0 bridgehead atoms. The van der Waals surface area contributed by atoms with Crippen molar-refractivity contribution in [3.63, 3.8) is 0 Å². The van der Waals surface area contributed by atoms with E-state index in [1.54, 1.807) is 11.9 Å². The molecule has 3 aromatic carbocycles. The molecule has 188 valence electrons.